The van der Waals surface area contributed by atoms with Crippen LogP contribution in [0.3, 0.4) is 0 Å². The third-order valence-corrected chi connectivity index (χ3v) is 4.12. The van der Waals surface area contributed by atoms with Crippen LogP contribution in [0.25, 0.3) is 0 Å². The maximum atomic E-state index is 10.4. The minimum absolute atomic E-state index is 0.315. The highest BCUT2D eigenvalue weighted by molar-refractivity contribution is 7.07. The van der Waals surface area contributed by atoms with E-state index in [1.54, 1.807) is 11.3 Å². The zero-order valence-electron chi connectivity index (χ0n) is 12.9. The van der Waals surface area contributed by atoms with Crippen molar-refractivity contribution >= 4 is 11.3 Å². The molecule has 0 saturated heterocycles. The van der Waals surface area contributed by atoms with E-state index in [4.69, 9.17) is 0 Å². The Hall–Kier alpha value is -1.16. The fourth-order valence-electron chi connectivity index (χ4n) is 2.61. The first-order chi connectivity index (χ1) is 10.1. The Balaban J connectivity index is 1.90. The summed E-state index contributed by atoms with van der Waals surface area (Å²) in [5, 5.41) is 14.7. The third-order valence-electron chi connectivity index (χ3n) is 3.39. The van der Waals surface area contributed by atoms with Gasteiger partial charge < -0.3 is 5.11 Å². The number of hydrogen-bond acceptors (Lipinski definition) is 3. The second-order valence-electron chi connectivity index (χ2n) is 6.06. The predicted molar refractivity (Wildman–Crippen MR) is 90.6 cm³/mol. The smallest absolute Gasteiger partial charge is 0.0707 e. The Kier molecular flexibility index (Phi) is 6.43. The summed E-state index contributed by atoms with van der Waals surface area (Å²) in [7, 11) is 0. The van der Waals surface area contributed by atoms with Gasteiger partial charge in [0, 0.05) is 19.6 Å². The Morgan fingerprint density at radius 2 is 1.81 bits per heavy atom. The summed E-state index contributed by atoms with van der Waals surface area (Å²) < 4.78 is 0. The molecule has 0 aliphatic rings. The molecule has 3 heteroatoms. The van der Waals surface area contributed by atoms with E-state index in [-0.39, 0.29) is 6.10 Å². The maximum absolute atomic E-state index is 10.4. The van der Waals surface area contributed by atoms with Crippen molar-refractivity contribution < 1.29 is 5.11 Å². The largest absolute Gasteiger partial charge is 0.391 e. The number of rotatable bonds is 8. The summed E-state index contributed by atoms with van der Waals surface area (Å²) in [5.41, 5.74) is 2.54. The first-order valence-electron chi connectivity index (χ1n) is 7.59. The van der Waals surface area contributed by atoms with Crippen molar-refractivity contribution in [2.45, 2.75) is 32.9 Å². The molecule has 1 aromatic heterocycles. The van der Waals surface area contributed by atoms with Crippen molar-refractivity contribution in [3.63, 3.8) is 0 Å². The molecule has 0 fully saturated rings. The van der Waals surface area contributed by atoms with Crippen LogP contribution in [0.4, 0.5) is 0 Å². The number of aliphatic hydroxyl groups is 1. The highest BCUT2D eigenvalue weighted by Crippen LogP contribution is 2.13. The molecule has 21 heavy (non-hydrogen) atoms. The van der Waals surface area contributed by atoms with Crippen molar-refractivity contribution in [2.75, 3.05) is 13.1 Å². The van der Waals surface area contributed by atoms with Crippen LogP contribution in [-0.2, 0) is 13.0 Å². The molecule has 2 aromatic rings. The van der Waals surface area contributed by atoms with Gasteiger partial charge in [-0.3, -0.25) is 4.90 Å². The molecule has 2 nitrogen and oxygen atoms in total. The van der Waals surface area contributed by atoms with E-state index in [1.807, 2.05) is 18.2 Å². The van der Waals surface area contributed by atoms with Gasteiger partial charge in [0.15, 0.2) is 0 Å². The van der Waals surface area contributed by atoms with Crippen LogP contribution in [0.15, 0.2) is 47.2 Å². The minimum atomic E-state index is -0.315. The van der Waals surface area contributed by atoms with Crippen molar-refractivity contribution in [1.82, 2.24) is 4.90 Å². The first-order valence-corrected chi connectivity index (χ1v) is 8.53. The van der Waals surface area contributed by atoms with Gasteiger partial charge in [0.25, 0.3) is 0 Å². The van der Waals surface area contributed by atoms with Gasteiger partial charge in [0.05, 0.1) is 6.10 Å². The zero-order chi connectivity index (χ0) is 15.1. The van der Waals surface area contributed by atoms with Crippen molar-refractivity contribution in [3.8, 4) is 0 Å². The average molecular weight is 303 g/mol. The normalized spacial score (nSPS) is 13.0. The van der Waals surface area contributed by atoms with Crippen LogP contribution in [0.2, 0.25) is 0 Å². The quantitative estimate of drug-likeness (QED) is 0.801. The number of aliphatic hydroxyl groups excluding tert-OH is 1. The first kappa shape index (κ1) is 16.2. The summed E-state index contributed by atoms with van der Waals surface area (Å²) >= 11 is 1.73. The molecule has 0 amide bonds. The molecule has 0 aliphatic carbocycles. The number of hydrogen-bond donors (Lipinski definition) is 1. The number of benzene rings is 1. The predicted octanol–water partition coefficient (Wildman–Crippen LogP) is 3.81. The Morgan fingerprint density at radius 3 is 2.43 bits per heavy atom. The van der Waals surface area contributed by atoms with Gasteiger partial charge in [-0.2, -0.15) is 11.3 Å². The van der Waals surface area contributed by atoms with Crippen molar-refractivity contribution in [1.29, 1.82) is 0 Å². The van der Waals surface area contributed by atoms with E-state index >= 15 is 0 Å². The lowest BCUT2D eigenvalue weighted by molar-refractivity contribution is 0.102. The molecule has 0 unspecified atom stereocenters. The summed E-state index contributed by atoms with van der Waals surface area (Å²) in [6, 6.07) is 12.4. The summed E-state index contributed by atoms with van der Waals surface area (Å²) in [5.74, 6) is 0.604. The van der Waals surface area contributed by atoms with E-state index < -0.39 is 0 Å². The Labute approximate surface area is 132 Å². The summed E-state index contributed by atoms with van der Waals surface area (Å²) in [4.78, 5) is 2.36. The second kappa shape index (κ2) is 8.32. The average Bonchev–Trinajstić information content (AvgIpc) is 2.91. The molecule has 1 N–H and O–H groups in total. The van der Waals surface area contributed by atoms with E-state index in [1.165, 1.54) is 11.1 Å². The van der Waals surface area contributed by atoms with E-state index in [2.05, 4.69) is 47.7 Å². The van der Waals surface area contributed by atoms with Crippen molar-refractivity contribution in [2.24, 2.45) is 5.92 Å². The maximum Gasteiger partial charge on any atom is 0.0707 e. The van der Waals surface area contributed by atoms with Crippen LogP contribution in [0, 0.1) is 5.92 Å². The SMILES string of the molecule is CC(C)CN(Cc1ccsc1)C[C@@H](O)Cc1ccccc1. The van der Waals surface area contributed by atoms with E-state index in [0.29, 0.717) is 5.92 Å². The van der Waals surface area contributed by atoms with Gasteiger partial charge in [-0.1, -0.05) is 44.2 Å². The molecular weight excluding hydrogens is 278 g/mol. The lowest BCUT2D eigenvalue weighted by atomic mass is 10.1. The third kappa shape index (κ3) is 6.00. The second-order valence-corrected chi connectivity index (χ2v) is 6.84. The molecular formula is C18H25NOS. The Morgan fingerprint density at radius 1 is 1.05 bits per heavy atom. The lowest BCUT2D eigenvalue weighted by Gasteiger charge is -2.26. The highest BCUT2D eigenvalue weighted by Gasteiger charge is 2.14. The minimum Gasteiger partial charge on any atom is -0.391 e. The summed E-state index contributed by atoms with van der Waals surface area (Å²) in [6.45, 7) is 7.12. The van der Waals surface area contributed by atoms with Gasteiger partial charge in [0.1, 0.15) is 0 Å². The Bertz CT molecular complexity index is 495. The van der Waals surface area contributed by atoms with Gasteiger partial charge in [0.2, 0.25) is 0 Å². The molecule has 1 heterocycles. The monoisotopic (exact) mass is 303 g/mol. The standard InChI is InChI=1S/C18H25NOS/c1-15(2)11-19(12-17-8-9-21-14-17)13-18(20)10-16-6-4-3-5-7-16/h3-9,14-15,18,20H,10-13H2,1-2H3/t18-/m0/s1. The van der Waals surface area contributed by atoms with E-state index in [0.717, 1.165) is 26.1 Å². The van der Waals surface area contributed by atoms with Crippen LogP contribution >= 0.6 is 11.3 Å². The molecule has 1 aromatic carbocycles. The van der Waals surface area contributed by atoms with Crippen LogP contribution in [-0.4, -0.2) is 29.2 Å². The van der Waals surface area contributed by atoms with Gasteiger partial charge in [-0.15, -0.1) is 0 Å². The molecule has 0 radical (unpaired) electrons. The van der Waals surface area contributed by atoms with Gasteiger partial charge in [-0.25, -0.2) is 0 Å². The number of nitrogens with zero attached hydrogens (tertiary/aromatic N) is 1. The van der Waals surface area contributed by atoms with Crippen molar-refractivity contribution in [3.05, 3.63) is 58.3 Å². The number of thiophene rings is 1. The van der Waals surface area contributed by atoms with Crippen LogP contribution < -0.4 is 0 Å². The molecule has 0 bridgehead atoms. The lowest BCUT2D eigenvalue weighted by Crippen LogP contribution is -2.35. The fourth-order valence-corrected chi connectivity index (χ4v) is 3.27. The molecule has 0 saturated carbocycles. The molecule has 2 rings (SSSR count). The van der Waals surface area contributed by atoms with Crippen LogP contribution in [0.1, 0.15) is 25.0 Å². The zero-order valence-corrected chi connectivity index (χ0v) is 13.7. The van der Waals surface area contributed by atoms with Crippen LogP contribution in [0.5, 0.6) is 0 Å². The molecule has 0 spiro atoms. The molecule has 1 atom stereocenters. The molecule has 0 aliphatic heterocycles. The fraction of sp³-hybridized carbons (Fsp3) is 0.444. The topological polar surface area (TPSA) is 23.5 Å². The molecule has 114 valence electrons. The van der Waals surface area contributed by atoms with Gasteiger partial charge in [-0.05, 0) is 40.3 Å². The van der Waals surface area contributed by atoms with E-state index in [9.17, 15) is 5.11 Å². The highest BCUT2D eigenvalue weighted by atomic mass is 32.1. The summed E-state index contributed by atoms with van der Waals surface area (Å²) in [6.07, 6.45) is 0.406. The van der Waals surface area contributed by atoms with Gasteiger partial charge >= 0.3 is 0 Å².